The van der Waals surface area contributed by atoms with Gasteiger partial charge in [-0.2, -0.15) is 0 Å². The van der Waals surface area contributed by atoms with Crippen LogP contribution < -0.4 is 5.32 Å². The molecule has 0 aliphatic heterocycles. The SMILES string of the molecule is Cn1c(SCC(=O)NC2CC2)nnc1-c1ccc(Cl)c(Cl)c1. The number of benzene rings is 1. The fourth-order valence-corrected chi connectivity index (χ4v) is 2.97. The molecule has 1 fully saturated rings. The van der Waals surface area contributed by atoms with E-state index in [2.05, 4.69) is 15.5 Å². The molecule has 1 saturated carbocycles. The van der Waals surface area contributed by atoms with Crippen LogP contribution in [0.25, 0.3) is 11.4 Å². The second kappa shape index (κ2) is 6.48. The van der Waals surface area contributed by atoms with Gasteiger partial charge in [-0.05, 0) is 31.0 Å². The maximum absolute atomic E-state index is 11.7. The number of halogens is 2. The third kappa shape index (κ3) is 3.56. The molecule has 1 aromatic heterocycles. The van der Waals surface area contributed by atoms with Crippen LogP contribution in [0.15, 0.2) is 23.4 Å². The molecule has 1 aliphatic rings. The van der Waals surface area contributed by atoms with Crippen LogP contribution in [-0.2, 0) is 11.8 Å². The van der Waals surface area contributed by atoms with Gasteiger partial charge >= 0.3 is 0 Å². The van der Waals surface area contributed by atoms with Crippen LogP contribution in [0.4, 0.5) is 0 Å². The Labute approximate surface area is 142 Å². The molecule has 3 rings (SSSR count). The first-order chi connectivity index (χ1) is 10.5. The Hall–Kier alpha value is -1.24. The molecular weight excluding hydrogens is 343 g/mol. The third-order valence-corrected chi connectivity index (χ3v) is 5.05. The molecule has 0 unspecified atom stereocenters. The van der Waals surface area contributed by atoms with Gasteiger partial charge in [-0.25, -0.2) is 0 Å². The number of carbonyl (C=O) groups excluding carboxylic acids is 1. The van der Waals surface area contributed by atoms with Gasteiger partial charge in [-0.3, -0.25) is 4.79 Å². The summed E-state index contributed by atoms with van der Waals surface area (Å²) in [6.45, 7) is 0. The molecule has 0 atom stereocenters. The molecule has 0 saturated heterocycles. The zero-order valence-corrected chi connectivity index (χ0v) is 14.2. The van der Waals surface area contributed by atoms with E-state index < -0.39 is 0 Å². The quantitative estimate of drug-likeness (QED) is 0.835. The molecule has 1 heterocycles. The zero-order chi connectivity index (χ0) is 15.7. The molecule has 1 aromatic carbocycles. The lowest BCUT2D eigenvalue weighted by Crippen LogP contribution is -2.27. The van der Waals surface area contributed by atoms with Crippen molar-refractivity contribution < 1.29 is 4.79 Å². The van der Waals surface area contributed by atoms with Gasteiger partial charge in [0.25, 0.3) is 0 Å². The first-order valence-electron chi connectivity index (χ1n) is 6.81. The number of aromatic nitrogens is 3. The minimum atomic E-state index is 0.0339. The van der Waals surface area contributed by atoms with Crippen molar-refractivity contribution in [3.8, 4) is 11.4 Å². The van der Waals surface area contributed by atoms with Crippen LogP contribution in [0.1, 0.15) is 12.8 Å². The molecular formula is C14H14Cl2N4OS. The number of hydrogen-bond donors (Lipinski definition) is 1. The highest BCUT2D eigenvalue weighted by Gasteiger charge is 2.23. The lowest BCUT2D eigenvalue weighted by atomic mass is 10.2. The van der Waals surface area contributed by atoms with E-state index in [9.17, 15) is 4.79 Å². The van der Waals surface area contributed by atoms with E-state index in [1.54, 1.807) is 12.1 Å². The Morgan fingerprint density at radius 2 is 2.14 bits per heavy atom. The van der Waals surface area contributed by atoms with Crippen LogP contribution in [-0.4, -0.2) is 32.5 Å². The summed E-state index contributed by atoms with van der Waals surface area (Å²) >= 11 is 13.3. The van der Waals surface area contributed by atoms with Gasteiger partial charge in [0.05, 0.1) is 15.8 Å². The molecule has 116 valence electrons. The van der Waals surface area contributed by atoms with Crippen molar-refractivity contribution in [2.45, 2.75) is 24.0 Å². The summed E-state index contributed by atoms with van der Waals surface area (Å²) in [5.74, 6) is 1.05. The number of rotatable bonds is 5. The van der Waals surface area contributed by atoms with E-state index >= 15 is 0 Å². The fourth-order valence-electron chi connectivity index (χ4n) is 1.95. The van der Waals surface area contributed by atoms with Crippen molar-refractivity contribution in [2.24, 2.45) is 7.05 Å². The van der Waals surface area contributed by atoms with Gasteiger partial charge < -0.3 is 9.88 Å². The summed E-state index contributed by atoms with van der Waals surface area (Å²) < 4.78 is 1.84. The van der Waals surface area contributed by atoms with Crippen LogP contribution in [0.2, 0.25) is 10.0 Å². The maximum Gasteiger partial charge on any atom is 0.230 e. The molecule has 22 heavy (non-hydrogen) atoms. The molecule has 1 aliphatic carbocycles. The number of nitrogens with zero attached hydrogens (tertiary/aromatic N) is 3. The average molecular weight is 357 g/mol. The predicted molar refractivity (Wildman–Crippen MR) is 88.3 cm³/mol. The van der Waals surface area contributed by atoms with Crippen molar-refractivity contribution in [3.63, 3.8) is 0 Å². The Bertz CT molecular complexity index is 715. The summed E-state index contributed by atoms with van der Waals surface area (Å²) in [5.41, 5.74) is 0.832. The van der Waals surface area contributed by atoms with Crippen molar-refractivity contribution in [1.82, 2.24) is 20.1 Å². The summed E-state index contributed by atoms with van der Waals surface area (Å²) in [7, 11) is 1.86. The molecule has 5 nitrogen and oxygen atoms in total. The molecule has 0 bridgehead atoms. The molecule has 1 N–H and O–H groups in total. The summed E-state index contributed by atoms with van der Waals surface area (Å²) in [6.07, 6.45) is 2.17. The van der Waals surface area contributed by atoms with Gasteiger partial charge in [-0.1, -0.05) is 35.0 Å². The van der Waals surface area contributed by atoms with E-state index in [0.29, 0.717) is 32.8 Å². The van der Waals surface area contributed by atoms with Crippen LogP contribution in [0, 0.1) is 0 Å². The monoisotopic (exact) mass is 356 g/mol. The van der Waals surface area contributed by atoms with Gasteiger partial charge in [0, 0.05) is 18.7 Å². The maximum atomic E-state index is 11.7. The largest absolute Gasteiger partial charge is 0.353 e. The van der Waals surface area contributed by atoms with Crippen molar-refractivity contribution in [3.05, 3.63) is 28.2 Å². The minimum absolute atomic E-state index is 0.0339. The van der Waals surface area contributed by atoms with Gasteiger partial charge in [0.1, 0.15) is 0 Å². The number of amides is 1. The summed E-state index contributed by atoms with van der Waals surface area (Å²) in [5, 5.41) is 12.9. The number of thioether (sulfide) groups is 1. The average Bonchev–Trinajstić information content (AvgIpc) is 3.22. The van der Waals surface area contributed by atoms with Gasteiger partial charge in [-0.15, -0.1) is 10.2 Å². The second-order valence-electron chi connectivity index (χ2n) is 5.12. The zero-order valence-electron chi connectivity index (χ0n) is 11.8. The van der Waals surface area contributed by atoms with Crippen LogP contribution in [0.5, 0.6) is 0 Å². The van der Waals surface area contributed by atoms with E-state index in [1.807, 2.05) is 17.7 Å². The third-order valence-electron chi connectivity index (χ3n) is 3.29. The van der Waals surface area contributed by atoms with E-state index in [0.717, 1.165) is 18.4 Å². The Kier molecular flexibility index (Phi) is 4.61. The predicted octanol–water partition coefficient (Wildman–Crippen LogP) is 3.16. The molecule has 1 amide bonds. The smallest absolute Gasteiger partial charge is 0.230 e. The van der Waals surface area contributed by atoms with E-state index in [1.165, 1.54) is 11.8 Å². The first kappa shape index (κ1) is 15.6. The highest BCUT2D eigenvalue weighted by atomic mass is 35.5. The Morgan fingerprint density at radius 3 is 2.82 bits per heavy atom. The standard InChI is InChI=1S/C14H14Cl2N4OS/c1-20-13(8-2-5-10(15)11(16)6-8)18-19-14(20)22-7-12(21)17-9-3-4-9/h2,5-6,9H,3-4,7H2,1H3,(H,17,21). The lowest BCUT2D eigenvalue weighted by molar-refractivity contribution is -0.118. The molecule has 2 aromatic rings. The van der Waals surface area contributed by atoms with Crippen LogP contribution >= 0.6 is 35.0 Å². The second-order valence-corrected chi connectivity index (χ2v) is 6.88. The van der Waals surface area contributed by atoms with E-state index in [-0.39, 0.29) is 5.91 Å². The summed E-state index contributed by atoms with van der Waals surface area (Å²) in [4.78, 5) is 11.7. The fraction of sp³-hybridized carbons (Fsp3) is 0.357. The number of hydrogen-bond acceptors (Lipinski definition) is 4. The van der Waals surface area contributed by atoms with Crippen LogP contribution in [0.3, 0.4) is 0 Å². The number of carbonyl (C=O) groups is 1. The molecule has 0 radical (unpaired) electrons. The van der Waals surface area contributed by atoms with E-state index in [4.69, 9.17) is 23.2 Å². The van der Waals surface area contributed by atoms with Crippen molar-refractivity contribution in [2.75, 3.05) is 5.75 Å². The highest BCUT2D eigenvalue weighted by Crippen LogP contribution is 2.29. The van der Waals surface area contributed by atoms with Crippen molar-refractivity contribution in [1.29, 1.82) is 0 Å². The highest BCUT2D eigenvalue weighted by molar-refractivity contribution is 7.99. The van der Waals surface area contributed by atoms with Gasteiger partial charge in [0.15, 0.2) is 11.0 Å². The first-order valence-corrected chi connectivity index (χ1v) is 8.55. The number of nitrogens with one attached hydrogen (secondary N) is 1. The molecule has 8 heteroatoms. The Morgan fingerprint density at radius 1 is 1.36 bits per heavy atom. The topological polar surface area (TPSA) is 59.8 Å². The minimum Gasteiger partial charge on any atom is -0.353 e. The summed E-state index contributed by atoms with van der Waals surface area (Å²) in [6, 6.07) is 5.69. The Balaban J connectivity index is 1.70. The molecule has 0 spiro atoms. The van der Waals surface area contributed by atoms with Crippen molar-refractivity contribution >= 4 is 40.9 Å². The van der Waals surface area contributed by atoms with Gasteiger partial charge in [0.2, 0.25) is 5.91 Å². The normalized spacial score (nSPS) is 14.1. The lowest BCUT2D eigenvalue weighted by Gasteiger charge is -2.05.